The highest BCUT2D eigenvalue weighted by molar-refractivity contribution is 6.10. The Morgan fingerprint density at radius 2 is 0.712 bits per heavy atom. The fraction of sp³-hybridized carbons (Fsp3) is 0.214. The molecule has 2 heterocycles. The Morgan fingerprint density at radius 3 is 1.03 bits per heavy atom. The van der Waals surface area contributed by atoms with Crippen molar-refractivity contribution in [1.29, 1.82) is 0 Å². The maximum absolute atomic E-state index is 12.9. The first-order chi connectivity index (χ1) is 32.0. The number of hydrogen-bond donors (Lipinski definition) is 0. The average Bonchev–Trinajstić information content (AvgIpc) is 3.82. The minimum atomic E-state index is -0.655. The van der Waals surface area contributed by atoms with Gasteiger partial charge in [-0.3, -0.25) is 19.2 Å². The summed E-state index contributed by atoms with van der Waals surface area (Å²) in [5, 5.41) is 4.42. The molecular formula is C56H48N2O8. The largest absolute Gasteiger partial charge is 0.458 e. The maximum atomic E-state index is 12.9. The van der Waals surface area contributed by atoms with Crippen LogP contribution in [0.15, 0.2) is 146 Å². The van der Waals surface area contributed by atoms with Crippen molar-refractivity contribution < 1.29 is 38.1 Å². The molecule has 0 saturated carbocycles. The molecule has 6 aromatic carbocycles. The topological polar surface area (TPSA) is 115 Å². The van der Waals surface area contributed by atoms with E-state index in [4.69, 9.17) is 18.9 Å². The van der Waals surface area contributed by atoms with E-state index in [2.05, 4.69) is 94.1 Å². The standard InChI is InChI=1S/C56H48N2O8/c1-33(59)63-39-23-27-55(65-35(3)61)49(31-39)47-29-37(57-51-17-9-5-13-43(51)44-14-6-10-18-52(44)57)21-25-41(47)42-26-22-38(58-53-19-11-7-15-45(53)46-16-8-12-20-54(46)58)30-48(42)50-32-40(64-34(2)60)24-28-56(50)66-36(4)62/h5-22,25-26,29-32,39-40,55-56H,23-24,27-28H2,1-4H3. The van der Waals surface area contributed by atoms with Crippen LogP contribution >= 0.6 is 0 Å². The lowest BCUT2D eigenvalue weighted by molar-refractivity contribution is -0.148. The molecule has 10 rings (SSSR count). The number of aromatic nitrogens is 2. The molecule has 2 aliphatic rings. The number of ether oxygens (including phenoxy) is 4. The second-order valence-electron chi connectivity index (χ2n) is 17.1. The Hall–Kier alpha value is -7.72. The molecule has 330 valence electrons. The second kappa shape index (κ2) is 17.3. The van der Waals surface area contributed by atoms with E-state index in [0.29, 0.717) is 36.8 Å². The molecule has 0 aliphatic heterocycles. The van der Waals surface area contributed by atoms with Crippen LogP contribution in [0.4, 0.5) is 0 Å². The first-order valence-corrected chi connectivity index (χ1v) is 22.4. The Bertz CT molecular complexity index is 3000. The van der Waals surface area contributed by atoms with E-state index in [1.54, 1.807) is 0 Å². The molecule has 8 aromatic rings. The molecule has 10 nitrogen and oxygen atoms in total. The Kier molecular flexibility index (Phi) is 11.1. The highest BCUT2D eigenvalue weighted by atomic mass is 16.6. The van der Waals surface area contributed by atoms with Crippen LogP contribution in [-0.2, 0) is 38.1 Å². The summed E-state index contributed by atoms with van der Waals surface area (Å²) in [6.45, 7) is 5.60. The van der Waals surface area contributed by atoms with E-state index in [-0.39, 0.29) is 0 Å². The Balaban J connectivity index is 1.28. The smallest absolute Gasteiger partial charge is 0.303 e. The minimum absolute atomic E-state index is 0.410. The zero-order valence-electron chi connectivity index (χ0n) is 37.2. The molecule has 2 aromatic heterocycles. The monoisotopic (exact) mass is 876 g/mol. The van der Waals surface area contributed by atoms with Crippen LogP contribution in [0.25, 0.3) is 77.3 Å². The number of carbonyl (C=O) groups excluding carboxylic acids is 4. The fourth-order valence-corrected chi connectivity index (χ4v) is 10.2. The molecule has 10 heteroatoms. The zero-order valence-corrected chi connectivity index (χ0v) is 37.2. The van der Waals surface area contributed by atoms with Crippen molar-refractivity contribution in [3.05, 3.63) is 157 Å². The SMILES string of the molecule is CC(=O)OC1C=C(c2cc(-n3c4ccccc4c4ccccc43)ccc2-c2ccc(-n3c4ccccc4c4ccccc43)cc2C2=CC(OC(C)=O)CCC2OC(C)=O)C(OC(C)=O)CC1. The van der Waals surface area contributed by atoms with Gasteiger partial charge in [0.2, 0.25) is 0 Å². The second-order valence-corrected chi connectivity index (χ2v) is 17.1. The van der Waals surface area contributed by atoms with E-state index >= 15 is 0 Å². The third kappa shape index (κ3) is 7.82. The summed E-state index contributed by atoms with van der Waals surface area (Å²) in [7, 11) is 0. The molecule has 0 fully saturated rings. The molecule has 0 saturated heterocycles. The molecule has 4 atom stereocenters. The van der Waals surface area contributed by atoms with E-state index < -0.39 is 48.3 Å². The average molecular weight is 877 g/mol. The van der Waals surface area contributed by atoms with Crippen molar-refractivity contribution in [1.82, 2.24) is 9.13 Å². The van der Waals surface area contributed by atoms with Crippen LogP contribution in [0.3, 0.4) is 0 Å². The molecule has 4 unspecified atom stereocenters. The Morgan fingerprint density at radius 1 is 0.394 bits per heavy atom. The quantitative estimate of drug-likeness (QED) is 0.104. The van der Waals surface area contributed by atoms with Crippen molar-refractivity contribution in [3.8, 4) is 22.5 Å². The van der Waals surface area contributed by atoms with Crippen LogP contribution in [0.5, 0.6) is 0 Å². The first-order valence-electron chi connectivity index (χ1n) is 22.4. The van der Waals surface area contributed by atoms with Gasteiger partial charge in [-0.15, -0.1) is 0 Å². The number of para-hydroxylation sites is 4. The van der Waals surface area contributed by atoms with Crippen LogP contribution < -0.4 is 0 Å². The molecule has 2 aliphatic carbocycles. The highest BCUT2D eigenvalue weighted by Gasteiger charge is 2.33. The number of benzene rings is 6. The lowest BCUT2D eigenvalue weighted by atomic mass is 9.81. The normalized spacial score (nSPS) is 18.5. The number of rotatable bonds is 9. The number of fused-ring (bicyclic) bond motifs is 6. The van der Waals surface area contributed by atoms with Gasteiger partial charge in [-0.2, -0.15) is 0 Å². The van der Waals surface area contributed by atoms with Crippen LogP contribution in [0.2, 0.25) is 0 Å². The third-order valence-corrected chi connectivity index (χ3v) is 12.7. The number of esters is 4. The molecule has 0 radical (unpaired) electrons. The predicted molar refractivity (Wildman–Crippen MR) is 257 cm³/mol. The van der Waals surface area contributed by atoms with Gasteiger partial charge in [-0.1, -0.05) is 84.9 Å². The molecule has 0 N–H and O–H groups in total. The van der Waals surface area contributed by atoms with Gasteiger partial charge in [-0.25, -0.2) is 0 Å². The van der Waals surface area contributed by atoms with E-state index in [9.17, 15) is 19.2 Å². The minimum Gasteiger partial charge on any atom is -0.458 e. The summed E-state index contributed by atoms with van der Waals surface area (Å²) < 4.78 is 28.4. The number of hydrogen-bond acceptors (Lipinski definition) is 8. The van der Waals surface area contributed by atoms with E-state index in [0.717, 1.165) is 77.2 Å². The molecule has 0 bridgehead atoms. The van der Waals surface area contributed by atoms with Gasteiger partial charge < -0.3 is 28.1 Å². The molecule has 0 amide bonds. The first kappa shape index (κ1) is 42.2. The maximum Gasteiger partial charge on any atom is 0.303 e. The van der Waals surface area contributed by atoms with Crippen LogP contribution in [-0.4, -0.2) is 57.4 Å². The summed E-state index contributed by atoms with van der Waals surface area (Å²) in [6, 6.07) is 45.8. The van der Waals surface area contributed by atoms with Gasteiger partial charge in [0.1, 0.15) is 24.4 Å². The van der Waals surface area contributed by atoms with Gasteiger partial charge in [0.25, 0.3) is 0 Å². The summed E-state index contributed by atoms with van der Waals surface area (Å²) in [6.07, 6.45) is 3.17. The molecule has 66 heavy (non-hydrogen) atoms. The van der Waals surface area contributed by atoms with Crippen molar-refractivity contribution in [2.24, 2.45) is 0 Å². The van der Waals surface area contributed by atoms with Crippen molar-refractivity contribution in [2.75, 3.05) is 0 Å². The summed E-state index contributed by atoms with van der Waals surface area (Å²) in [4.78, 5) is 50.6. The molecule has 0 spiro atoms. The van der Waals surface area contributed by atoms with Gasteiger partial charge in [0.05, 0.1) is 22.1 Å². The third-order valence-electron chi connectivity index (χ3n) is 12.7. The number of nitrogens with zero attached hydrogens (tertiary/aromatic N) is 2. The Labute approximate surface area is 381 Å². The lowest BCUT2D eigenvalue weighted by Gasteiger charge is -2.32. The predicted octanol–water partition coefficient (Wildman–Crippen LogP) is 11.6. The van der Waals surface area contributed by atoms with Crippen LogP contribution in [0, 0.1) is 0 Å². The van der Waals surface area contributed by atoms with Crippen molar-refractivity contribution in [2.45, 2.75) is 77.8 Å². The highest BCUT2D eigenvalue weighted by Crippen LogP contribution is 2.45. The molecular weight excluding hydrogens is 829 g/mol. The summed E-state index contributed by atoms with van der Waals surface area (Å²) >= 11 is 0. The van der Waals surface area contributed by atoms with E-state index in [1.807, 2.05) is 60.7 Å². The van der Waals surface area contributed by atoms with Gasteiger partial charge >= 0.3 is 23.9 Å². The lowest BCUT2D eigenvalue weighted by Crippen LogP contribution is -2.28. The van der Waals surface area contributed by atoms with Gasteiger partial charge in [0.15, 0.2) is 0 Å². The van der Waals surface area contributed by atoms with E-state index in [1.165, 1.54) is 27.7 Å². The fourth-order valence-electron chi connectivity index (χ4n) is 10.2. The number of carbonyl (C=O) groups is 4. The zero-order chi connectivity index (χ0) is 45.6. The van der Waals surface area contributed by atoms with Crippen LogP contribution in [0.1, 0.15) is 64.5 Å². The summed E-state index contributed by atoms with van der Waals surface area (Å²) in [5.41, 5.74) is 10.4. The van der Waals surface area contributed by atoms with Crippen molar-refractivity contribution >= 4 is 78.6 Å². The van der Waals surface area contributed by atoms with Gasteiger partial charge in [0, 0.05) is 71.8 Å². The van der Waals surface area contributed by atoms with Gasteiger partial charge in [-0.05, 0) is 109 Å². The summed E-state index contributed by atoms with van der Waals surface area (Å²) in [5.74, 6) is -1.68. The van der Waals surface area contributed by atoms with Crippen molar-refractivity contribution in [3.63, 3.8) is 0 Å².